The molecule has 0 saturated carbocycles. The molecule has 0 spiro atoms. The number of halogens is 1. The van der Waals surface area contributed by atoms with E-state index >= 15 is 0 Å². The SMILES string of the molecule is CCCC(C)N(C)Cc1cc(CNC(C)C)ccc1F. The highest BCUT2D eigenvalue weighted by atomic mass is 19.1. The predicted molar refractivity (Wildman–Crippen MR) is 84.2 cm³/mol. The Balaban J connectivity index is 2.70. The fraction of sp³-hybridized carbons (Fsp3) is 0.647. The first-order chi connectivity index (χ1) is 9.43. The molecule has 0 radical (unpaired) electrons. The summed E-state index contributed by atoms with van der Waals surface area (Å²) >= 11 is 0. The van der Waals surface area contributed by atoms with E-state index in [9.17, 15) is 4.39 Å². The summed E-state index contributed by atoms with van der Waals surface area (Å²) in [6.07, 6.45) is 2.30. The highest BCUT2D eigenvalue weighted by Crippen LogP contribution is 2.15. The van der Waals surface area contributed by atoms with Gasteiger partial charge in [-0.2, -0.15) is 0 Å². The lowest BCUT2D eigenvalue weighted by Crippen LogP contribution is -2.29. The van der Waals surface area contributed by atoms with Gasteiger partial charge < -0.3 is 5.32 Å². The Morgan fingerprint density at radius 1 is 1.25 bits per heavy atom. The summed E-state index contributed by atoms with van der Waals surface area (Å²) in [4.78, 5) is 2.22. The van der Waals surface area contributed by atoms with E-state index in [1.807, 2.05) is 12.1 Å². The quantitative estimate of drug-likeness (QED) is 0.776. The van der Waals surface area contributed by atoms with Crippen molar-refractivity contribution in [1.82, 2.24) is 10.2 Å². The van der Waals surface area contributed by atoms with Crippen LogP contribution in [0.2, 0.25) is 0 Å². The van der Waals surface area contributed by atoms with Gasteiger partial charge in [-0.3, -0.25) is 4.90 Å². The van der Waals surface area contributed by atoms with Crippen LogP contribution in [0.4, 0.5) is 4.39 Å². The van der Waals surface area contributed by atoms with Gasteiger partial charge in [0.25, 0.3) is 0 Å². The molecule has 2 nitrogen and oxygen atoms in total. The highest BCUT2D eigenvalue weighted by molar-refractivity contribution is 5.25. The summed E-state index contributed by atoms with van der Waals surface area (Å²) in [5.74, 6) is -0.103. The summed E-state index contributed by atoms with van der Waals surface area (Å²) in [5, 5.41) is 3.37. The Bertz CT molecular complexity index is 404. The second-order valence-corrected chi connectivity index (χ2v) is 6.01. The molecule has 0 fully saturated rings. The molecule has 1 rings (SSSR count). The third-order valence-corrected chi connectivity index (χ3v) is 3.70. The molecule has 1 atom stereocenters. The number of hydrogen-bond acceptors (Lipinski definition) is 2. The molecule has 0 aliphatic heterocycles. The van der Waals surface area contributed by atoms with Crippen molar-refractivity contribution < 1.29 is 4.39 Å². The van der Waals surface area contributed by atoms with Gasteiger partial charge in [-0.25, -0.2) is 4.39 Å². The van der Waals surface area contributed by atoms with Crippen LogP contribution in [0, 0.1) is 5.82 Å². The maximum Gasteiger partial charge on any atom is 0.127 e. The Morgan fingerprint density at radius 2 is 1.95 bits per heavy atom. The molecule has 20 heavy (non-hydrogen) atoms. The molecule has 1 aromatic rings. The van der Waals surface area contributed by atoms with Crippen molar-refractivity contribution in [3.63, 3.8) is 0 Å². The lowest BCUT2D eigenvalue weighted by molar-refractivity contribution is 0.234. The van der Waals surface area contributed by atoms with E-state index in [1.165, 1.54) is 0 Å². The minimum atomic E-state index is -0.103. The largest absolute Gasteiger partial charge is 0.310 e. The average Bonchev–Trinajstić information content (AvgIpc) is 2.39. The van der Waals surface area contributed by atoms with Crippen molar-refractivity contribution >= 4 is 0 Å². The molecule has 1 N–H and O–H groups in total. The summed E-state index contributed by atoms with van der Waals surface area (Å²) in [6, 6.07) is 6.36. The van der Waals surface area contributed by atoms with E-state index in [0.29, 0.717) is 18.6 Å². The molecule has 1 unspecified atom stereocenters. The normalized spacial score (nSPS) is 13.2. The number of hydrogen-bond donors (Lipinski definition) is 1. The first kappa shape index (κ1) is 17.1. The Kier molecular flexibility index (Phi) is 7.17. The minimum Gasteiger partial charge on any atom is -0.310 e. The van der Waals surface area contributed by atoms with Crippen molar-refractivity contribution in [2.45, 2.75) is 65.7 Å². The monoisotopic (exact) mass is 280 g/mol. The summed E-state index contributed by atoms with van der Waals surface area (Å²) in [7, 11) is 2.07. The molecule has 0 saturated heterocycles. The molecule has 3 heteroatoms. The van der Waals surface area contributed by atoms with Crippen molar-refractivity contribution in [2.24, 2.45) is 0 Å². The first-order valence-electron chi connectivity index (χ1n) is 7.65. The molecule has 114 valence electrons. The number of benzene rings is 1. The summed E-state index contributed by atoms with van der Waals surface area (Å²) in [6.45, 7) is 10.1. The number of nitrogens with zero attached hydrogens (tertiary/aromatic N) is 1. The molecule has 0 heterocycles. The fourth-order valence-electron chi connectivity index (χ4n) is 2.24. The summed E-state index contributed by atoms with van der Waals surface area (Å²) in [5.41, 5.74) is 1.94. The van der Waals surface area contributed by atoms with Gasteiger partial charge in [0.05, 0.1) is 0 Å². The van der Waals surface area contributed by atoms with Gasteiger partial charge in [-0.15, -0.1) is 0 Å². The Labute approximate surface area is 123 Å². The Morgan fingerprint density at radius 3 is 2.55 bits per heavy atom. The molecule has 0 bridgehead atoms. The maximum absolute atomic E-state index is 13.9. The second-order valence-electron chi connectivity index (χ2n) is 6.01. The van der Waals surface area contributed by atoms with Gasteiger partial charge in [0.15, 0.2) is 0 Å². The van der Waals surface area contributed by atoms with Gasteiger partial charge in [0, 0.05) is 30.7 Å². The first-order valence-corrected chi connectivity index (χ1v) is 7.65. The van der Waals surface area contributed by atoms with E-state index < -0.39 is 0 Å². The Hall–Kier alpha value is -0.930. The van der Waals surface area contributed by atoms with Crippen LogP contribution in [-0.2, 0) is 13.1 Å². The number of rotatable bonds is 8. The predicted octanol–water partition coefficient (Wildman–Crippen LogP) is 3.94. The van der Waals surface area contributed by atoms with Crippen LogP contribution >= 0.6 is 0 Å². The van der Waals surface area contributed by atoms with E-state index in [4.69, 9.17) is 0 Å². The van der Waals surface area contributed by atoms with Crippen LogP contribution in [0.15, 0.2) is 18.2 Å². The fourth-order valence-corrected chi connectivity index (χ4v) is 2.24. The van der Waals surface area contributed by atoms with Gasteiger partial charge >= 0.3 is 0 Å². The lowest BCUT2D eigenvalue weighted by atomic mass is 10.1. The molecule has 0 aromatic heterocycles. The standard InChI is InChI=1S/C17H29FN2/c1-6-7-14(4)20(5)12-16-10-15(8-9-17(16)18)11-19-13(2)3/h8-10,13-14,19H,6-7,11-12H2,1-5H3. The lowest BCUT2D eigenvalue weighted by Gasteiger charge is -2.24. The topological polar surface area (TPSA) is 15.3 Å². The average molecular weight is 280 g/mol. The van der Waals surface area contributed by atoms with Gasteiger partial charge in [-0.05, 0) is 32.0 Å². The van der Waals surface area contributed by atoms with Crippen LogP contribution in [0.1, 0.15) is 51.7 Å². The van der Waals surface area contributed by atoms with Crippen molar-refractivity contribution in [3.05, 3.63) is 35.1 Å². The molecule has 0 aliphatic carbocycles. The van der Waals surface area contributed by atoms with Crippen LogP contribution in [0.3, 0.4) is 0 Å². The molecular formula is C17H29FN2. The zero-order valence-corrected chi connectivity index (χ0v) is 13.5. The zero-order valence-electron chi connectivity index (χ0n) is 13.5. The van der Waals surface area contributed by atoms with E-state index in [1.54, 1.807) is 6.07 Å². The van der Waals surface area contributed by atoms with Crippen molar-refractivity contribution in [3.8, 4) is 0 Å². The van der Waals surface area contributed by atoms with E-state index in [0.717, 1.165) is 30.5 Å². The van der Waals surface area contributed by atoms with Crippen molar-refractivity contribution in [1.29, 1.82) is 0 Å². The zero-order chi connectivity index (χ0) is 15.1. The molecule has 1 aromatic carbocycles. The number of nitrogens with one attached hydrogen (secondary N) is 1. The smallest absolute Gasteiger partial charge is 0.127 e. The molecule has 0 aliphatic rings. The van der Waals surface area contributed by atoms with Crippen molar-refractivity contribution in [2.75, 3.05) is 7.05 Å². The summed E-state index contributed by atoms with van der Waals surface area (Å²) < 4.78 is 13.9. The van der Waals surface area contributed by atoms with Gasteiger partial charge in [-0.1, -0.05) is 39.3 Å². The van der Waals surface area contributed by atoms with E-state index in [-0.39, 0.29) is 5.82 Å². The second kappa shape index (κ2) is 8.38. The third-order valence-electron chi connectivity index (χ3n) is 3.70. The third kappa shape index (κ3) is 5.59. The van der Waals surface area contributed by atoms with Crippen LogP contribution in [0.25, 0.3) is 0 Å². The maximum atomic E-state index is 13.9. The molecule has 0 amide bonds. The van der Waals surface area contributed by atoms with Crippen LogP contribution < -0.4 is 5.32 Å². The highest BCUT2D eigenvalue weighted by Gasteiger charge is 2.12. The van der Waals surface area contributed by atoms with Crippen LogP contribution in [0.5, 0.6) is 0 Å². The van der Waals surface area contributed by atoms with Crippen LogP contribution in [-0.4, -0.2) is 24.0 Å². The minimum absolute atomic E-state index is 0.103. The van der Waals surface area contributed by atoms with E-state index in [2.05, 4.69) is 45.0 Å². The van der Waals surface area contributed by atoms with Gasteiger partial charge in [0.2, 0.25) is 0 Å². The molecular weight excluding hydrogens is 251 g/mol. The van der Waals surface area contributed by atoms with Gasteiger partial charge in [0.1, 0.15) is 5.82 Å².